The minimum absolute atomic E-state index is 0.0620. The normalized spacial score (nSPS) is 11.2. The molecule has 6 nitrogen and oxygen atoms in total. The molecule has 0 bridgehead atoms. The Bertz CT molecular complexity index is 1200. The van der Waals surface area contributed by atoms with Crippen LogP contribution in [0.5, 0.6) is 0 Å². The van der Waals surface area contributed by atoms with Gasteiger partial charge in [-0.05, 0) is 43.7 Å². The lowest BCUT2D eigenvalue weighted by molar-refractivity contribution is 0.385. The molecule has 0 radical (unpaired) electrons. The zero-order chi connectivity index (χ0) is 19.0. The Labute approximate surface area is 164 Å². The first-order chi connectivity index (χ1) is 13.1. The number of halogens is 1. The smallest absolute Gasteiger partial charge is 0.272 e. The van der Waals surface area contributed by atoms with Crippen LogP contribution in [0.3, 0.4) is 0 Å². The lowest BCUT2D eigenvalue weighted by Gasteiger charge is -2.09. The van der Waals surface area contributed by atoms with Gasteiger partial charge in [-0.1, -0.05) is 39.3 Å². The molecule has 0 saturated carbocycles. The molecule has 27 heavy (non-hydrogen) atoms. The Hall–Kier alpha value is -2.80. The Morgan fingerprint density at radius 1 is 1.15 bits per heavy atom. The van der Waals surface area contributed by atoms with E-state index in [0.717, 1.165) is 26.6 Å². The zero-order valence-corrected chi connectivity index (χ0v) is 16.5. The van der Waals surface area contributed by atoms with Gasteiger partial charge in [-0.25, -0.2) is 4.98 Å². The molecule has 0 saturated heterocycles. The predicted octanol–water partition coefficient (Wildman–Crippen LogP) is 4.13. The van der Waals surface area contributed by atoms with Gasteiger partial charge in [0.2, 0.25) is 11.7 Å². The lowest BCUT2D eigenvalue weighted by atomic mass is 10.1. The highest BCUT2D eigenvalue weighted by atomic mass is 79.9. The van der Waals surface area contributed by atoms with Crippen molar-refractivity contribution in [1.82, 2.24) is 19.7 Å². The number of hydrogen-bond acceptors (Lipinski definition) is 5. The first-order valence-electron chi connectivity index (χ1n) is 8.64. The maximum absolute atomic E-state index is 12.2. The van der Waals surface area contributed by atoms with E-state index in [1.165, 1.54) is 0 Å². The molecule has 0 atom stereocenters. The monoisotopic (exact) mass is 424 g/mol. The van der Waals surface area contributed by atoms with Crippen molar-refractivity contribution in [3.63, 3.8) is 0 Å². The molecule has 0 fully saturated rings. The van der Waals surface area contributed by atoms with E-state index in [1.807, 2.05) is 49.4 Å². The van der Waals surface area contributed by atoms with Crippen LogP contribution in [0.4, 0.5) is 0 Å². The molecule has 2 aromatic heterocycles. The van der Waals surface area contributed by atoms with E-state index in [0.29, 0.717) is 30.4 Å². The van der Waals surface area contributed by atoms with E-state index >= 15 is 0 Å². The second-order valence-corrected chi connectivity index (χ2v) is 7.08. The fourth-order valence-electron chi connectivity index (χ4n) is 3.08. The Kier molecular flexibility index (Phi) is 4.61. The second-order valence-electron chi connectivity index (χ2n) is 6.23. The first kappa shape index (κ1) is 17.6. The van der Waals surface area contributed by atoms with Crippen LogP contribution in [0.2, 0.25) is 0 Å². The maximum Gasteiger partial charge on any atom is 0.272 e. The van der Waals surface area contributed by atoms with Gasteiger partial charge in [0.05, 0.1) is 17.5 Å². The summed E-state index contributed by atoms with van der Waals surface area (Å²) in [5.41, 5.74) is 3.84. The molecule has 0 amide bonds. The number of benzene rings is 2. The number of hydrogen-bond donors (Lipinski definition) is 0. The lowest BCUT2D eigenvalue weighted by Crippen LogP contribution is -2.23. The Morgan fingerprint density at radius 2 is 1.96 bits per heavy atom. The SMILES string of the molecule is CCn1c(=O)c(C)nc2cc(-c3noc(Cc4ccccc4Br)n3)ccc21. The van der Waals surface area contributed by atoms with Gasteiger partial charge in [-0.15, -0.1) is 0 Å². The molecule has 4 rings (SSSR count). The molecule has 0 aliphatic carbocycles. The Balaban J connectivity index is 1.71. The van der Waals surface area contributed by atoms with Gasteiger partial charge in [0.25, 0.3) is 5.56 Å². The standard InChI is InChI=1S/C20H17BrN4O2/c1-3-25-17-9-8-14(10-16(17)22-12(2)20(25)26)19-23-18(27-24-19)11-13-6-4-5-7-15(13)21/h4-10H,3,11H2,1-2H3. The molecule has 0 spiro atoms. The number of aryl methyl sites for hydroxylation is 2. The van der Waals surface area contributed by atoms with Crippen LogP contribution in [-0.4, -0.2) is 19.7 Å². The summed E-state index contributed by atoms with van der Waals surface area (Å²) in [6.45, 7) is 4.27. The van der Waals surface area contributed by atoms with E-state index < -0.39 is 0 Å². The summed E-state index contributed by atoms with van der Waals surface area (Å²) in [4.78, 5) is 21.2. The largest absolute Gasteiger partial charge is 0.339 e. The zero-order valence-electron chi connectivity index (χ0n) is 14.9. The predicted molar refractivity (Wildman–Crippen MR) is 107 cm³/mol. The van der Waals surface area contributed by atoms with E-state index in [-0.39, 0.29) is 5.56 Å². The summed E-state index contributed by atoms with van der Waals surface area (Å²) >= 11 is 3.53. The fraction of sp³-hybridized carbons (Fsp3) is 0.200. The summed E-state index contributed by atoms with van der Waals surface area (Å²) in [5, 5.41) is 4.10. The average Bonchev–Trinajstić information content (AvgIpc) is 3.13. The third-order valence-corrected chi connectivity index (χ3v) is 5.22. The summed E-state index contributed by atoms with van der Waals surface area (Å²) < 4.78 is 8.15. The van der Waals surface area contributed by atoms with Crippen molar-refractivity contribution in [2.45, 2.75) is 26.8 Å². The van der Waals surface area contributed by atoms with E-state index in [1.54, 1.807) is 11.5 Å². The molecular formula is C20H17BrN4O2. The number of nitrogens with zero attached hydrogens (tertiary/aromatic N) is 4. The topological polar surface area (TPSA) is 73.8 Å². The van der Waals surface area contributed by atoms with Crippen molar-refractivity contribution in [2.24, 2.45) is 0 Å². The van der Waals surface area contributed by atoms with Crippen molar-refractivity contribution in [2.75, 3.05) is 0 Å². The van der Waals surface area contributed by atoms with Crippen LogP contribution in [0, 0.1) is 6.92 Å². The quantitative estimate of drug-likeness (QED) is 0.492. The van der Waals surface area contributed by atoms with Crippen molar-refractivity contribution in [3.05, 3.63) is 74.4 Å². The van der Waals surface area contributed by atoms with Crippen LogP contribution < -0.4 is 5.56 Å². The maximum atomic E-state index is 12.2. The van der Waals surface area contributed by atoms with Crippen LogP contribution in [-0.2, 0) is 13.0 Å². The minimum atomic E-state index is -0.0620. The number of rotatable bonds is 4. The third kappa shape index (κ3) is 3.30. The molecule has 2 heterocycles. The molecule has 136 valence electrons. The van der Waals surface area contributed by atoms with Gasteiger partial charge < -0.3 is 9.09 Å². The number of fused-ring (bicyclic) bond motifs is 1. The molecule has 2 aromatic carbocycles. The van der Waals surface area contributed by atoms with Crippen LogP contribution >= 0.6 is 15.9 Å². The highest BCUT2D eigenvalue weighted by molar-refractivity contribution is 9.10. The van der Waals surface area contributed by atoms with Gasteiger partial charge in [0.1, 0.15) is 5.69 Å². The fourth-order valence-corrected chi connectivity index (χ4v) is 3.50. The van der Waals surface area contributed by atoms with Crippen molar-refractivity contribution >= 4 is 27.0 Å². The molecular weight excluding hydrogens is 408 g/mol. The highest BCUT2D eigenvalue weighted by Crippen LogP contribution is 2.23. The third-order valence-electron chi connectivity index (χ3n) is 4.45. The summed E-state index contributed by atoms with van der Waals surface area (Å²) in [6.07, 6.45) is 0.550. The molecule has 0 aliphatic rings. The minimum Gasteiger partial charge on any atom is -0.339 e. The van der Waals surface area contributed by atoms with E-state index in [2.05, 4.69) is 31.1 Å². The first-order valence-corrected chi connectivity index (χ1v) is 9.43. The van der Waals surface area contributed by atoms with Crippen LogP contribution in [0.25, 0.3) is 22.4 Å². The molecule has 0 N–H and O–H groups in total. The Morgan fingerprint density at radius 3 is 2.74 bits per heavy atom. The van der Waals surface area contributed by atoms with Gasteiger partial charge in [0.15, 0.2) is 0 Å². The van der Waals surface area contributed by atoms with Gasteiger partial charge in [-0.3, -0.25) is 4.79 Å². The summed E-state index contributed by atoms with van der Waals surface area (Å²) in [6, 6.07) is 13.6. The van der Waals surface area contributed by atoms with Crippen LogP contribution in [0.15, 0.2) is 56.3 Å². The molecule has 0 aliphatic heterocycles. The van der Waals surface area contributed by atoms with Gasteiger partial charge >= 0.3 is 0 Å². The molecule has 7 heteroatoms. The van der Waals surface area contributed by atoms with Crippen molar-refractivity contribution in [1.29, 1.82) is 0 Å². The van der Waals surface area contributed by atoms with Gasteiger partial charge in [0, 0.05) is 16.6 Å². The van der Waals surface area contributed by atoms with E-state index in [4.69, 9.17) is 4.52 Å². The summed E-state index contributed by atoms with van der Waals surface area (Å²) in [7, 11) is 0. The van der Waals surface area contributed by atoms with Crippen molar-refractivity contribution in [3.8, 4) is 11.4 Å². The average molecular weight is 425 g/mol. The van der Waals surface area contributed by atoms with Gasteiger partial charge in [-0.2, -0.15) is 4.98 Å². The second kappa shape index (κ2) is 7.08. The summed E-state index contributed by atoms with van der Waals surface area (Å²) in [5.74, 6) is 1.05. The van der Waals surface area contributed by atoms with Crippen molar-refractivity contribution < 1.29 is 4.52 Å². The molecule has 4 aromatic rings. The highest BCUT2D eigenvalue weighted by Gasteiger charge is 2.13. The van der Waals surface area contributed by atoms with E-state index in [9.17, 15) is 4.79 Å². The molecule has 0 unspecified atom stereocenters. The van der Waals surface area contributed by atoms with Crippen LogP contribution in [0.1, 0.15) is 24.1 Å². The number of aromatic nitrogens is 4.